The molecule has 0 fully saturated rings. The SMILES string of the molecule is O=C(CNc1ccc(I)cc1)N/N=C\c1ccccc1F. The van der Waals surface area contributed by atoms with Crippen molar-refractivity contribution in [2.45, 2.75) is 0 Å². The van der Waals surface area contributed by atoms with Crippen LogP contribution in [0, 0.1) is 9.39 Å². The van der Waals surface area contributed by atoms with E-state index in [0.717, 1.165) is 9.26 Å². The zero-order chi connectivity index (χ0) is 15.1. The second-order valence-electron chi connectivity index (χ2n) is 4.18. The summed E-state index contributed by atoms with van der Waals surface area (Å²) in [6, 6.07) is 13.9. The molecule has 21 heavy (non-hydrogen) atoms. The molecule has 0 bridgehead atoms. The molecule has 0 aliphatic heterocycles. The first-order chi connectivity index (χ1) is 10.1. The van der Waals surface area contributed by atoms with Gasteiger partial charge in [0, 0.05) is 14.8 Å². The van der Waals surface area contributed by atoms with Gasteiger partial charge in [0.15, 0.2) is 0 Å². The molecule has 2 aromatic rings. The molecule has 0 aliphatic carbocycles. The normalized spacial score (nSPS) is 10.6. The Labute approximate surface area is 135 Å². The van der Waals surface area contributed by atoms with Gasteiger partial charge in [0.05, 0.1) is 12.8 Å². The Morgan fingerprint density at radius 3 is 2.62 bits per heavy atom. The van der Waals surface area contributed by atoms with Crippen molar-refractivity contribution >= 4 is 40.4 Å². The lowest BCUT2D eigenvalue weighted by Gasteiger charge is -2.05. The van der Waals surface area contributed by atoms with E-state index in [1.165, 1.54) is 12.3 Å². The molecule has 2 aromatic carbocycles. The van der Waals surface area contributed by atoms with Crippen molar-refractivity contribution < 1.29 is 9.18 Å². The van der Waals surface area contributed by atoms with Gasteiger partial charge in [0.25, 0.3) is 5.91 Å². The molecule has 0 spiro atoms. The largest absolute Gasteiger partial charge is 0.376 e. The summed E-state index contributed by atoms with van der Waals surface area (Å²) in [7, 11) is 0. The maximum atomic E-state index is 13.3. The van der Waals surface area contributed by atoms with Gasteiger partial charge in [-0.25, -0.2) is 9.82 Å². The number of amides is 1. The monoisotopic (exact) mass is 397 g/mol. The molecule has 0 saturated carbocycles. The van der Waals surface area contributed by atoms with Crippen molar-refractivity contribution in [1.29, 1.82) is 0 Å². The van der Waals surface area contributed by atoms with Crippen LogP contribution in [0.5, 0.6) is 0 Å². The molecule has 2 rings (SSSR count). The Morgan fingerprint density at radius 2 is 1.90 bits per heavy atom. The average Bonchev–Trinajstić information content (AvgIpc) is 2.49. The third kappa shape index (κ3) is 5.14. The molecule has 0 saturated heterocycles. The number of halogens is 2. The summed E-state index contributed by atoms with van der Waals surface area (Å²) in [6.45, 7) is 0.0925. The molecule has 0 aromatic heterocycles. The van der Waals surface area contributed by atoms with E-state index in [4.69, 9.17) is 0 Å². The summed E-state index contributed by atoms with van der Waals surface area (Å²) in [5, 5.41) is 6.69. The first-order valence-electron chi connectivity index (χ1n) is 6.21. The zero-order valence-electron chi connectivity index (χ0n) is 11.0. The maximum absolute atomic E-state index is 13.3. The summed E-state index contributed by atoms with van der Waals surface area (Å²) < 4.78 is 14.4. The fourth-order valence-corrected chi connectivity index (χ4v) is 1.90. The average molecular weight is 397 g/mol. The van der Waals surface area contributed by atoms with E-state index >= 15 is 0 Å². The van der Waals surface area contributed by atoms with Crippen LogP contribution in [0.2, 0.25) is 0 Å². The van der Waals surface area contributed by atoms with Crippen LogP contribution in [0.1, 0.15) is 5.56 Å². The Hall–Kier alpha value is -1.96. The lowest BCUT2D eigenvalue weighted by molar-refractivity contribution is -0.119. The first-order valence-corrected chi connectivity index (χ1v) is 7.29. The molecule has 108 valence electrons. The summed E-state index contributed by atoms with van der Waals surface area (Å²) in [4.78, 5) is 11.6. The first kappa shape index (κ1) is 15.4. The van der Waals surface area contributed by atoms with E-state index in [0.29, 0.717) is 5.56 Å². The summed E-state index contributed by atoms with van der Waals surface area (Å²) in [5.41, 5.74) is 3.51. The third-order valence-electron chi connectivity index (χ3n) is 2.60. The van der Waals surface area contributed by atoms with Crippen LogP contribution in [-0.2, 0) is 4.79 Å². The van der Waals surface area contributed by atoms with E-state index < -0.39 is 0 Å². The standard InChI is InChI=1S/C15H13FIN3O/c16-14-4-2-1-3-11(14)9-19-20-15(21)10-18-13-7-5-12(17)6-8-13/h1-9,18H,10H2,(H,20,21)/b19-9-. The Balaban J connectivity index is 1.80. The highest BCUT2D eigenvalue weighted by Gasteiger charge is 2.00. The minimum atomic E-state index is -0.382. The van der Waals surface area contributed by atoms with E-state index in [1.807, 2.05) is 24.3 Å². The van der Waals surface area contributed by atoms with Crippen LogP contribution in [0.15, 0.2) is 53.6 Å². The molecule has 0 radical (unpaired) electrons. The number of carbonyl (C=O) groups excluding carboxylic acids is 1. The van der Waals surface area contributed by atoms with Crippen LogP contribution >= 0.6 is 22.6 Å². The lowest BCUT2D eigenvalue weighted by atomic mass is 10.2. The van der Waals surface area contributed by atoms with Gasteiger partial charge in [0.1, 0.15) is 5.82 Å². The highest BCUT2D eigenvalue weighted by Crippen LogP contribution is 2.10. The fourth-order valence-electron chi connectivity index (χ4n) is 1.54. The molecule has 0 unspecified atom stereocenters. The maximum Gasteiger partial charge on any atom is 0.259 e. The number of rotatable bonds is 5. The van der Waals surface area contributed by atoms with Gasteiger partial charge in [-0.2, -0.15) is 5.10 Å². The number of nitrogens with one attached hydrogen (secondary N) is 2. The van der Waals surface area contributed by atoms with Gasteiger partial charge >= 0.3 is 0 Å². The van der Waals surface area contributed by atoms with Crippen molar-refractivity contribution in [2.24, 2.45) is 5.10 Å². The van der Waals surface area contributed by atoms with E-state index in [2.05, 4.69) is 38.4 Å². The van der Waals surface area contributed by atoms with Crippen LogP contribution in [-0.4, -0.2) is 18.7 Å². The van der Waals surface area contributed by atoms with Crippen molar-refractivity contribution in [1.82, 2.24) is 5.43 Å². The zero-order valence-corrected chi connectivity index (χ0v) is 13.2. The summed E-state index contributed by atoms with van der Waals surface area (Å²) >= 11 is 2.21. The smallest absolute Gasteiger partial charge is 0.259 e. The van der Waals surface area contributed by atoms with Crippen molar-refractivity contribution in [3.8, 4) is 0 Å². The predicted octanol–water partition coefficient (Wildman–Crippen LogP) is 2.99. The van der Waals surface area contributed by atoms with Crippen LogP contribution in [0.4, 0.5) is 10.1 Å². The molecular weight excluding hydrogens is 384 g/mol. The number of hydrogen-bond donors (Lipinski definition) is 2. The van der Waals surface area contributed by atoms with Crippen LogP contribution in [0.3, 0.4) is 0 Å². The fraction of sp³-hybridized carbons (Fsp3) is 0.0667. The summed E-state index contributed by atoms with van der Waals surface area (Å²) in [5.74, 6) is -0.686. The van der Waals surface area contributed by atoms with Gasteiger partial charge in [-0.1, -0.05) is 18.2 Å². The van der Waals surface area contributed by atoms with Crippen LogP contribution in [0.25, 0.3) is 0 Å². The predicted molar refractivity (Wildman–Crippen MR) is 89.8 cm³/mol. The Kier molecular flexibility index (Phi) is 5.68. The number of hydrazone groups is 1. The quantitative estimate of drug-likeness (QED) is 0.463. The number of hydrogen-bond acceptors (Lipinski definition) is 3. The number of anilines is 1. The molecule has 2 N–H and O–H groups in total. The Morgan fingerprint density at radius 1 is 1.19 bits per heavy atom. The second kappa shape index (κ2) is 7.72. The third-order valence-corrected chi connectivity index (χ3v) is 3.31. The molecular formula is C15H13FIN3O. The Bertz CT molecular complexity index is 644. The molecule has 4 nitrogen and oxygen atoms in total. The lowest BCUT2D eigenvalue weighted by Crippen LogP contribution is -2.25. The molecule has 0 aliphatic rings. The van der Waals surface area contributed by atoms with Crippen molar-refractivity contribution in [2.75, 3.05) is 11.9 Å². The number of nitrogens with zero attached hydrogens (tertiary/aromatic N) is 1. The van der Waals surface area contributed by atoms with Gasteiger partial charge in [-0.15, -0.1) is 0 Å². The van der Waals surface area contributed by atoms with Crippen molar-refractivity contribution in [3.63, 3.8) is 0 Å². The van der Waals surface area contributed by atoms with Crippen LogP contribution < -0.4 is 10.7 Å². The van der Waals surface area contributed by atoms with E-state index in [-0.39, 0.29) is 18.3 Å². The van der Waals surface area contributed by atoms with Crippen molar-refractivity contribution in [3.05, 3.63) is 63.5 Å². The highest BCUT2D eigenvalue weighted by atomic mass is 127. The minimum absolute atomic E-state index is 0.0925. The number of benzene rings is 2. The van der Waals surface area contributed by atoms with Gasteiger partial charge in [-0.05, 0) is 52.9 Å². The molecule has 0 atom stereocenters. The van der Waals surface area contributed by atoms with Gasteiger partial charge < -0.3 is 5.32 Å². The van der Waals surface area contributed by atoms with Gasteiger partial charge in [-0.3, -0.25) is 4.79 Å². The second-order valence-corrected chi connectivity index (χ2v) is 5.42. The van der Waals surface area contributed by atoms with E-state index in [1.54, 1.807) is 18.2 Å². The highest BCUT2D eigenvalue weighted by molar-refractivity contribution is 14.1. The summed E-state index contributed by atoms with van der Waals surface area (Å²) in [6.07, 6.45) is 1.28. The number of carbonyl (C=O) groups is 1. The van der Waals surface area contributed by atoms with E-state index in [9.17, 15) is 9.18 Å². The topological polar surface area (TPSA) is 53.5 Å². The minimum Gasteiger partial charge on any atom is -0.376 e. The molecule has 1 amide bonds. The van der Waals surface area contributed by atoms with Gasteiger partial charge in [0.2, 0.25) is 0 Å². The molecule has 0 heterocycles. The molecule has 6 heteroatoms.